The van der Waals surface area contributed by atoms with Crippen LogP contribution < -0.4 is 17.0 Å². The first-order chi connectivity index (χ1) is 18.4. The van der Waals surface area contributed by atoms with Crippen LogP contribution in [0.2, 0.25) is 0 Å². The van der Waals surface area contributed by atoms with Crippen LogP contribution in [0.25, 0.3) is 0 Å². The summed E-state index contributed by atoms with van der Waals surface area (Å²) < 4.78 is 7.68. The number of amides is 1. The van der Waals surface area contributed by atoms with Crippen molar-refractivity contribution in [2.24, 2.45) is 23.0 Å². The molecule has 0 bridgehead atoms. The van der Waals surface area contributed by atoms with E-state index in [1.54, 1.807) is 7.05 Å². The van der Waals surface area contributed by atoms with E-state index in [0.717, 1.165) is 19.3 Å². The third kappa shape index (κ3) is 4.50. The largest absolute Gasteiger partial charge is 0.494 e. The van der Waals surface area contributed by atoms with Crippen molar-refractivity contribution in [1.82, 2.24) is 18.9 Å². The number of hydrogen-bond donors (Lipinski definition) is 4. The molecule has 12 nitrogen and oxygen atoms in total. The van der Waals surface area contributed by atoms with Gasteiger partial charge in [0.25, 0.3) is 5.56 Å². The van der Waals surface area contributed by atoms with Crippen molar-refractivity contribution in [1.29, 1.82) is 5.41 Å². The second kappa shape index (κ2) is 10.0. The summed E-state index contributed by atoms with van der Waals surface area (Å²) in [7, 11) is 1.64. The van der Waals surface area contributed by atoms with Gasteiger partial charge in [0, 0.05) is 32.1 Å². The molecule has 0 aromatic carbocycles. The fourth-order valence-electron chi connectivity index (χ4n) is 7.37. The highest BCUT2D eigenvalue weighted by Crippen LogP contribution is 2.62. The molecule has 39 heavy (non-hydrogen) atoms. The molecular weight excluding hydrogens is 504 g/mol. The van der Waals surface area contributed by atoms with E-state index in [1.165, 1.54) is 14.0 Å². The Morgan fingerprint density at radius 3 is 2.36 bits per heavy atom. The summed E-state index contributed by atoms with van der Waals surface area (Å²) in [5, 5.41) is 29.4. The zero-order valence-corrected chi connectivity index (χ0v) is 23.2. The van der Waals surface area contributed by atoms with E-state index < -0.39 is 34.9 Å². The highest BCUT2D eigenvalue weighted by Gasteiger charge is 2.67. The number of ether oxygens (including phenoxy) is 1. The van der Waals surface area contributed by atoms with Gasteiger partial charge < -0.3 is 25.6 Å². The van der Waals surface area contributed by atoms with Crippen LogP contribution in [0.5, 0.6) is 5.88 Å². The predicted octanol–water partition coefficient (Wildman–Crippen LogP) is 0.766. The highest BCUT2D eigenvalue weighted by atomic mass is 16.5. The number of aromatic nitrogens is 2. The molecule has 4 fully saturated rings. The van der Waals surface area contributed by atoms with Gasteiger partial charge in [-0.05, 0) is 62.7 Å². The summed E-state index contributed by atoms with van der Waals surface area (Å²) >= 11 is 0. The van der Waals surface area contributed by atoms with Gasteiger partial charge in [-0.1, -0.05) is 13.8 Å². The molecule has 5 N–H and O–H groups in total. The van der Waals surface area contributed by atoms with Gasteiger partial charge in [-0.15, -0.1) is 0 Å². The Bertz CT molecular complexity index is 1250. The number of nitrogens with two attached hydrogens (primary N) is 1. The molecule has 2 spiro atoms. The van der Waals surface area contributed by atoms with Crippen molar-refractivity contribution >= 4 is 11.7 Å². The molecule has 1 aromatic rings. The van der Waals surface area contributed by atoms with Gasteiger partial charge in [0.15, 0.2) is 6.35 Å². The molecule has 2 saturated carbocycles. The fourth-order valence-corrected chi connectivity index (χ4v) is 7.37. The Hall–Kier alpha value is -2.70. The normalized spacial score (nSPS) is 31.3. The summed E-state index contributed by atoms with van der Waals surface area (Å²) in [6, 6.07) is -0.377. The first-order valence-electron chi connectivity index (χ1n) is 14.1. The average Bonchev–Trinajstić information content (AvgIpc) is 3.00. The maximum atomic E-state index is 13.5. The highest BCUT2D eigenvalue weighted by molar-refractivity contribution is 5.96. The number of nitrogens with one attached hydrogen (secondary N) is 1. The topological polar surface area (TPSA) is 167 Å². The van der Waals surface area contributed by atoms with Crippen LogP contribution in [0.1, 0.15) is 76.8 Å². The van der Waals surface area contributed by atoms with E-state index in [9.17, 15) is 24.6 Å². The minimum Gasteiger partial charge on any atom is -0.494 e. The molecule has 1 atom stereocenters. The lowest BCUT2D eigenvalue weighted by molar-refractivity contribution is -0.163. The zero-order chi connectivity index (χ0) is 28.3. The van der Waals surface area contributed by atoms with Gasteiger partial charge in [0.05, 0.1) is 13.2 Å². The molecule has 1 amide bonds. The van der Waals surface area contributed by atoms with Crippen molar-refractivity contribution in [2.45, 2.75) is 89.7 Å². The molecule has 2 saturated heterocycles. The van der Waals surface area contributed by atoms with E-state index in [4.69, 9.17) is 15.9 Å². The minimum atomic E-state index is -0.943. The lowest BCUT2D eigenvalue weighted by Gasteiger charge is -2.59. The standard InChI is InChI=1S/C27H42N6O6/c1-16(2)5-4-10-31-21(34)19(20(28)29)22(35)33(25(31)38)18-6-8-26(9-7-18)14-27(15-26)23(36)30(3)24(37)32(27)11-17-12-39-13-17/h16-18,24,34,37H,4-15H2,1-3H3,(H3,28,29). The number of amidine groups is 1. The second-order valence-electron chi connectivity index (χ2n) is 12.7. The van der Waals surface area contributed by atoms with Crippen LogP contribution >= 0.6 is 0 Å². The molecule has 2 aliphatic heterocycles. The minimum absolute atomic E-state index is 0.0480. The molecule has 5 rings (SSSR count). The number of aromatic hydroxyl groups is 1. The molecule has 0 radical (unpaired) electrons. The van der Waals surface area contributed by atoms with Crippen molar-refractivity contribution in [3.8, 4) is 5.88 Å². The number of rotatable bonds is 8. The van der Waals surface area contributed by atoms with Gasteiger partial charge in [0.1, 0.15) is 16.9 Å². The monoisotopic (exact) mass is 546 g/mol. The Labute approximate surface area is 227 Å². The Balaban J connectivity index is 1.35. The van der Waals surface area contributed by atoms with E-state index in [-0.39, 0.29) is 29.5 Å². The second-order valence-corrected chi connectivity index (χ2v) is 12.7. The van der Waals surface area contributed by atoms with Gasteiger partial charge in [-0.2, -0.15) is 0 Å². The number of aliphatic hydroxyl groups is 1. The van der Waals surface area contributed by atoms with Gasteiger partial charge in [-0.25, -0.2) is 9.69 Å². The number of carbonyl (C=O) groups is 1. The zero-order valence-electron chi connectivity index (χ0n) is 23.2. The number of hydrogen-bond acceptors (Lipinski definition) is 8. The van der Waals surface area contributed by atoms with Crippen LogP contribution in [0, 0.1) is 22.7 Å². The average molecular weight is 547 g/mol. The molecule has 2 aliphatic carbocycles. The fraction of sp³-hybridized carbons (Fsp3) is 0.778. The van der Waals surface area contributed by atoms with Crippen molar-refractivity contribution in [3.63, 3.8) is 0 Å². The molecule has 216 valence electrons. The van der Waals surface area contributed by atoms with Crippen molar-refractivity contribution in [3.05, 3.63) is 26.4 Å². The predicted molar refractivity (Wildman–Crippen MR) is 143 cm³/mol. The van der Waals surface area contributed by atoms with E-state index in [2.05, 4.69) is 13.8 Å². The summed E-state index contributed by atoms with van der Waals surface area (Å²) in [6.07, 6.45) is 4.46. The van der Waals surface area contributed by atoms with Crippen LogP contribution in [0.15, 0.2) is 9.59 Å². The van der Waals surface area contributed by atoms with Crippen molar-refractivity contribution in [2.75, 3.05) is 26.8 Å². The quantitative estimate of drug-likeness (QED) is 0.274. The van der Waals surface area contributed by atoms with Gasteiger partial charge in [-0.3, -0.25) is 24.1 Å². The third-order valence-corrected chi connectivity index (χ3v) is 9.55. The number of nitrogens with zero attached hydrogens (tertiary/aromatic N) is 4. The van der Waals surface area contributed by atoms with E-state index in [0.29, 0.717) is 63.7 Å². The van der Waals surface area contributed by atoms with Crippen LogP contribution in [0.4, 0.5) is 0 Å². The van der Waals surface area contributed by atoms with Crippen LogP contribution in [-0.4, -0.2) is 79.6 Å². The van der Waals surface area contributed by atoms with E-state index >= 15 is 0 Å². The molecule has 1 aromatic heterocycles. The third-order valence-electron chi connectivity index (χ3n) is 9.55. The summed E-state index contributed by atoms with van der Waals surface area (Å²) in [5.74, 6) is -0.413. The van der Waals surface area contributed by atoms with Crippen LogP contribution in [-0.2, 0) is 16.1 Å². The Kier molecular flexibility index (Phi) is 7.17. The number of nitrogen functional groups attached to an aromatic ring is 1. The summed E-state index contributed by atoms with van der Waals surface area (Å²) in [4.78, 5) is 43.4. The Morgan fingerprint density at radius 1 is 1.18 bits per heavy atom. The summed E-state index contributed by atoms with van der Waals surface area (Å²) in [6.45, 7) is 6.29. The van der Waals surface area contributed by atoms with Gasteiger partial charge in [0.2, 0.25) is 11.8 Å². The number of likely N-dealkylation sites (N-methyl/N-ethyl adjacent to an activating group) is 1. The van der Waals surface area contributed by atoms with Crippen molar-refractivity contribution < 1.29 is 19.7 Å². The van der Waals surface area contributed by atoms with Gasteiger partial charge >= 0.3 is 5.69 Å². The SMILES string of the molecule is CC(C)CCCn1c(O)c(C(=N)N)c(=O)n(C2CCC3(CC2)CC2(C3)C(=O)N(C)C(O)N2CC2COC2)c1=O. The number of aliphatic hydroxyl groups excluding tert-OH is 1. The maximum Gasteiger partial charge on any atom is 0.334 e. The molecule has 1 unspecified atom stereocenters. The lowest BCUT2D eigenvalue weighted by Crippen LogP contribution is -2.65. The van der Waals surface area contributed by atoms with E-state index in [1.807, 2.05) is 4.90 Å². The summed E-state index contributed by atoms with van der Waals surface area (Å²) in [5.41, 5.74) is 3.25. The first-order valence-corrected chi connectivity index (χ1v) is 14.1. The molecule has 12 heteroatoms. The maximum absolute atomic E-state index is 13.5. The van der Waals surface area contributed by atoms with Crippen LogP contribution in [0.3, 0.4) is 0 Å². The lowest BCUT2D eigenvalue weighted by atomic mass is 9.51. The smallest absolute Gasteiger partial charge is 0.334 e. The molecule has 4 aliphatic rings. The first kappa shape index (κ1) is 27.9. The molecular formula is C27H42N6O6. The number of carbonyl (C=O) groups excluding carboxylic acids is 1. The Morgan fingerprint density at radius 2 is 1.82 bits per heavy atom. The molecule has 3 heterocycles.